The van der Waals surface area contributed by atoms with E-state index in [1.165, 1.54) is 61.2 Å². The summed E-state index contributed by atoms with van der Waals surface area (Å²) >= 11 is 0. The lowest BCUT2D eigenvalue weighted by Crippen LogP contribution is -2.28. The molecule has 0 spiro atoms. The number of aryl methyl sites for hydroxylation is 1. The van der Waals surface area contributed by atoms with Crippen molar-refractivity contribution in [3.63, 3.8) is 0 Å². The smallest absolute Gasteiger partial charge is 0.0713 e. The van der Waals surface area contributed by atoms with Crippen molar-refractivity contribution < 1.29 is 0 Å². The van der Waals surface area contributed by atoms with Crippen LogP contribution in [0.2, 0.25) is 0 Å². The predicted molar refractivity (Wildman–Crippen MR) is 188 cm³/mol. The van der Waals surface area contributed by atoms with Gasteiger partial charge in [0.05, 0.1) is 10.9 Å². The number of nitrogens with one attached hydrogen (secondary N) is 1. The molecule has 1 heterocycles. The van der Waals surface area contributed by atoms with Crippen LogP contribution in [0.3, 0.4) is 0 Å². The van der Waals surface area contributed by atoms with Gasteiger partial charge in [-0.3, -0.25) is 0 Å². The van der Waals surface area contributed by atoms with Gasteiger partial charge in [0.15, 0.2) is 0 Å². The second kappa shape index (κ2) is 10.2. The van der Waals surface area contributed by atoms with Gasteiger partial charge in [-0.15, -0.1) is 0 Å². The van der Waals surface area contributed by atoms with Crippen molar-refractivity contribution in [1.29, 1.82) is 0 Å². The second-order valence-electron chi connectivity index (χ2n) is 12.1. The normalized spacial score (nSPS) is 14.1. The zero-order valence-electron chi connectivity index (χ0n) is 24.9. The van der Waals surface area contributed by atoms with Gasteiger partial charge in [-0.25, -0.2) is 0 Å². The SMILES string of the molecule is C1=Cc2c(c3ccc(Nc4ccc(C5(c6ccccc6)c6ccccc6-c6ccccc65)cc4)cc3n2-c2ccccc2)CC1. The number of anilines is 2. The molecular weight excluding hydrogens is 544 g/mol. The molecule has 2 heteroatoms. The highest BCUT2D eigenvalue weighted by atomic mass is 15.0. The summed E-state index contributed by atoms with van der Waals surface area (Å²) in [6, 6.07) is 55.4. The minimum Gasteiger partial charge on any atom is -0.355 e. The van der Waals surface area contributed by atoms with Crippen LogP contribution in [-0.4, -0.2) is 4.57 Å². The largest absolute Gasteiger partial charge is 0.355 e. The minimum absolute atomic E-state index is 0.380. The fourth-order valence-electron chi connectivity index (χ4n) is 7.85. The Morgan fingerprint density at radius 2 is 1.16 bits per heavy atom. The van der Waals surface area contributed by atoms with Gasteiger partial charge < -0.3 is 9.88 Å². The summed E-state index contributed by atoms with van der Waals surface area (Å²) < 4.78 is 2.41. The molecule has 2 aliphatic rings. The van der Waals surface area contributed by atoms with Gasteiger partial charge >= 0.3 is 0 Å². The maximum Gasteiger partial charge on any atom is 0.0713 e. The highest BCUT2D eigenvalue weighted by Gasteiger charge is 2.45. The summed E-state index contributed by atoms with van der Waals surface area (Å²) in [4.78, 5) is 0. The Kier molecular flexibility index (Phi) is 5.89. The van der Waals surface area contributed by atoms with E-state index in [4.69, 9.17) is 0 Å². The number of rotatable bonds is 5. The molecule has 214 valence electrons. The number of aromatic nitrogens is 1. The fourth-order valence-corrected chi connectivity index (χ4v) is 7.85. The van der Waals surface area contributed by atoms with E-state index in [9.17, 15) is 0 Å². The van der Waals surface area contributed by atoms with Gasteiger partial charge in [0, 0.05) is 28.1 Å². The van der Waals surface area contributed by atoms with Gasteiger partial charge in [0.1, 0.15) is 0 Å². The Hall–Kier alpha value is -5.60. The molecule has 0 bridgehead atoms. The third kappa shape index (κ3) is 3.89. The third-order valence-corrected chi connectivity index (χ3v) is 9.73. The van der Waals surface area contributed by atoms with Crippen molar-refractivity contribution in [3.8, 4) is 16.8 Å². The van der Waals surface area contributed by atoms with Crippen LogP contribution in [-0.2, 0) is 11.8 Å². The van der Waals surface area contributed by atoms with E-state index in [0.717, 1.165) is 24.2 Å². The Labute approximate surface area is 263 Å². The summed E-state index contributed by atoms with van der Waals surface area (Å²) in [6.45, 7) is 0. The van der Waals surface area contributed by atoms with Crippen molar-refractivity contribution in [1.82, 2.24) is 4.57 Å². The maximum atomic E-state index is 3.73. The van der Waals surface area contributed by atoms with E-state index >= 15 is 0 Å². The van der Waals surface area contributed by atoms with E-state index in [0.29, 0.717) is 0 Å². The first-order valence-corrected chi connectivity index (χ1v) is 15.8. The second-order valence-corrected chi connectivity index (χ2v) is 12.1. The average Bonchev–Trinajstić information content (AvgIpc) is 3.60. The van der Waals surface area contributed by atoms with Gasteiger partial charge in [-0.05, 0) is 94.3 Å². The van der Waals surface area contributed by atoms with Crippen LogP contribution >= 0.6 is 0 Å². The predicted octanol–water partition coefficient (Wildman–Crippen LogP) is 10.7. The van der Waals surface area contributed by atoms with Gasteiger partial charge in [-0.1, -0.05) is 121 Å². The molecule has 0 aliphatic heterocycles. The topological polar surface area (TPSA) is 17.0 Å². The molecule has 7 aromatic rings. The lowest BCUT2D eigenvalue weighted by Gasteiger charge is -2.34. The van der Waals surface area contributed by atoms with Crippen LogP contribution in [0.1, 0.15) is 39.9 Å². The zero-order valence-corrected chi connectivity index (χ0v) is 24.9. The molecule has 1 aromatic heterocycles. The van der Waals surface area contributed by atoms with Crippen molar-refractivity contribution in [3.05, 3.63) is 191 Å². The van der Waals surface area contributed by atoms with E-state index < -0.39 is 0 Å². The van der Waals surface area contributed by atoms with Crippen molar-refractivity contribution >= 4 is 28.4 Å². The van der Waals surface area contributed by atoms with Gasteiger partial charge in [0.2, 0.25) is 0 Å². The molecule has 0 unspecified atom stereocenters. The lowest BCUT2D eigenvalue weighted by atomic mass is 9.68. The number of hydrogen-bond donors (Lipinski definition) is 1. The molecule has 0 amide bonds. The van der Waals surface area contributed by atoms with Crippen LogP contribution in [0.15, 0.2) is 158 Å². The number of benzene rings is 6. The van der Waals surface area contributed by atoms with Crippen LogP contribution in [0.4, 0.5) is 11.4 Å². The molecule has 0 saturated carbocycles. The monoisotopic (exact) mass is 576 g/mol. The Bertz CT molecular complexity index is 2180. The fraction of sp³-hybridized carbons (Fsp3) is 0.0698. The number of para-hydroxylation sites is 1. The molecule has 0 fully saturated rings. The molecule has 6 aromatic carbocycles. The van der Waals surface area contributed by atoms with Gasteiger partial charge in [0.25, 0.3) is 0 Å². The Balaban J connectivity index is 1.14. The maximum absolute atomic E-state index is 3.73. The van der Waals surface area contributed by atoms with Crippen LogP contribution in [0.5, 0.6) is 0 Å². The number of fused-ring (bicyclic) bond motifs is 6. The summed E-state index contributed by atoms with van der Waals surface area (Å²) in [5, 5.41) is 5.07. The van der Waals surface area contributed by atoms with Crippen LogP contribution in [0.25, 0.3) is 33.8 Å². The molecule has 0 radical (unpaired) electrons. The highest BCUT2D eigenvalue weighted by molar-refractivity contribution is 5.93. The quantitative estimate of drug-likeness (QED) is 0.216. The van der Waals surface area contributed by atoms with E-state index in [2.05, 4.69) is 174 Å². The van der Waals surface area contributed by atoms with Gasteiger partial charge in [-0.2, -0.15) is 0 Å². The molecule has 1 N–H and O–H groups in total. The Morgan fingerprint density at radius 1 is 0.556 bits per heavy atom. The summed E-state index contributed by atoms with van der Waals surface area (Å²) in [5.41, 5.74) is 14.8. The van der Waals surface area contributed by atoms with Crippen LogP contribution in [0, 0.1) is 0 Å². The van der Waals surface area contributed by atoms with Crippen molar-refractivity contribution in [2.75, 3.05) is 5.32 Å². The van der Waals surface area contributed by atoms with Crippen LogP contribution < -0.4 is 5.32 Å². The first-order chi connectivity index (χ1) is 22.3. The van der Waals surface area contributed by atoms with E-state index in [1.807, 2.05) is 0 Å². The average molecular weight is 577 g/mol. The lowest BCUT2D eigenvalue weighted by molar-refractivity contribution is 0.768. The third-order valence-electron chi connectivity index (χ3n) is 9.73. The summed E-state index contributed by atoms with van der Waals surface area (Å²) in [5.74, 6) is 0. The van der Waals surface area contributed by atoms with Crippen molar-refractivity contribution in [2.45, 2.75) is 18.3 Å². The van der Waals surface area contributed by atoms with E-state index in [-0.39, 0.29) is 5.41 Å². The first kappa shape index (κ1) is 25.9. The molecule has 9 rings (SSSR count). The zero-order chi connectivity index (χ0) is 29.8. The first-order valence-electron chi connectivity index (χ1n) is 15.8. The molecule has 0 atom stereocenters. The Morgan fingerprint density at radius 3 is 1.87 bits per heavy atom. The van der Waals surface area contributed by atoms with E-state index in [1.54, 1.807) is 0 Å². The molecule has 45 heavy (non-hydrogen) atoms. The number of hydrogen-bond acceptors (Lipinski definition) is 1. The molecule has 0 saturated heterocycles. The summed E-state index contributed by atoms with van der Waals surface area (Å²) in [6.07, 6.45) is 6.75. The van der Waals surface area contributed by atoms with Crippen molar-refractivity contribution in [2.24, 2.45) is 0 Å². The molecular formula is C43H32N2. The minimum atomic E-state index is -0.380. The number of allylic oxidation sites excluding steroid dienone is 1. The highest BCUT2D eigenvalue weighted by Crippen LogP contribution is 2.56. The standard InChI is InChI=1S/C43H32N2/c1-3-13-30(14-4-1)43(39-20-10-7-17-35(39)36-18-8-11-21-40(36)43)31-23-25-32(26-24-31)44-33-27-28-38-37-19-9-12-22-41(37)45(42(38)29-33)34-15-5-2-6-16-34/h1-8,10-18,20-29,44H,9,19H2. The molecule has 2 nitrogen and oxygen atoms in total. The summed E-state index contributed by atoms with van der Waals surface area (Å²) in [7, 11) is 0. The number of nitrogens with zero attached hydrogens (tertiary/aromatic N) is 1. The molecule has 2 aliphatic carbocycles.